The van der Waals surface area contributed by atoms with E-state index in [0.29, 0.717) is 6.67 Å². The topological polar surface area (TPSA) is 98.5 Å². The van der Waals surface area contributed by atoms with Crippen LogP contribution in [0.15, 0.2) is 41.5 Å². The highest BCUT2D eigenvalue weighted by Gasteiger charge is 2.29. The SMILES string of the molecule is C=C1CCC(C)(N)CCNN=C1c1cc2ccc(N(CNC)C(=O)C3CCC(C)CC3)cc2[nH]1. The molecule has 5 N–H and O–H groups in total. The van der Waals surface area contributed by atoms with Gasteiger partial charge in [-0.25, -0.2) is 0 Å². The van der Waals surface area contributed by atoms with Crippen molar-refractivity contribution in [1.29, 1.82) is 0 Å². The zero-order valence-electron chi connectivity index (χ0n) is 20.9. The van der Waals surface area contributed by atoms with Crippen LogP contribution in [0, 0.1) is 11.8 Å². The molecule has 1 aromatic carbocycles. The molecule has 0 radical (unpaired) electrons. The minimum Gasteiger partial charge on any atom is -0.353 e. The fourth-order valence-electron chi connectivity index (χ4n) is 5.08. The average molecular weight is 465 g/mol. The first-order chi connectivity index (χ1) is 16.3. The molecule has 2 heterocycles. The molecule has 0 spiro atoms. The van der Waals surface area contributed by atoms with Crippen molar-refractivity contribution < 1.29 is 4.79 Å². The van der Waals surface area contributed by atoms with Crippen molar-refractivity contribution in [3.05, 3.63) is 42.1 Å². The number of carbonyl (C=O) groups is 1. The minimum atomic E-state index is -0.226. The first kappa shape index (κ1) is 24.5. The number of aromatic amines is 1. The highest BCUT2D eigenvalue weighted by molar-refractivity contribution is 6.13. The monoisotopic (exact) mass is 464 g/mol. The van der Waals surface area contributed by atoms with Crippen LogP contribution in [0.5, 0.6) is 0 Å². The van der Waals surface area contributed by atoms with Crippen LogP contribution in [0.4, 0.5) is 5.69 Å². The van der Waals surface area contributed by atoms with Crippen LogP contribution in [-0.2, 0) is 4.79 Å². The number of aromatic nitrogens is 1. The summed E-state index contributed by atoms with van der Waals surface area (Å²) in [7, 11) is 1.88. The van der Waals surface area contributed by atoms with Gasteiger partial charge >= 0.3 is 0 Å². The van der Waals surface area contributed by atoms with E-state index in [1.165, 1.54) is 0 Å². The summed E-state index contributed by atoms with van der Waals surface area (Å²) in [6, 6.07) is 8.30. The van der Waals surface area contributed by atoms with Crippen LogP contribution in [0.2, 0.25) is 0 Å². The van der Waals surface area contributed by atoms with Crippen molar-refractivity contribution in [2.45, 2.75) is 64.3 Å². The normalized spacial score (nSPS) is 26.2. The van der Waals surface area contributed by atoms with Crippen molar-refractivity contribution in [3.63, 3.8) is 0 Å². The number of nitrogens with one attached hydrogen (secondary N) is 3. The fourth-order valence-corrected chi connectivity index (χ4v) is 5.08. The first-order valence-corrected chi connectivity index (χ1v) is 12.6. The van der Waals surface area contributed by atoms with Gasteiger partial charge in [0, 0.05) is 34.6 Å². The second-order valence-corrected chi connectivity index (χ2v) is 10.6. The molecule has 2 aromatic rings. The number of hydrogen-bond donors (Lipinski definition) is 4. The quantitative estimate of drug-likeness (QED) is 0.497. The maximum Gasteiger partial charge on any atom is 0.231 e. The molecule has 0 bridgehead atoms. The van der Waals surface area contributed by atoms with Gasteiger partial charge < -0.3 is 21.5 Å². The number of allylic oxidation sites excluding steroid dienone is 1. The number of nitrogens with two attached hydrogens (primary N) is 1. The number of amides is 1. The van der Waals surface area contributed by atoms with E-state index in [1.807, 2.05) is 18.0 Å². The second-order valence-electron chi connectivity index (χ2n) is 10.6. The number of benzene rings is 1. The van der Waals surface area contributed by atoms with Crippen molar-refractivity contribution in [1.82, 2.24) is 15.7 Å². The van der Waals surface area contributed by atoms with Gasteiger partial charge in [0.25, 0.3) is 0 Å². The summed E-state index contributed by atoms with van der Waals surface area (Å²) >= 11 is 0. The van der Waals surface area contributed by atoms with Crippen molar-refractivity contribution >= 4 is 28.2 Å². The summed E-state index contributed by atoms with van der Waals surface area (Å²) in [5.74, 6) is 1.05. The van der Waals surface area contributed by atoms with Crippen LogP contribution in [0.3, 0.4) is 0 Å². The summed E-state index contributed by atoms with van der Waals surface area (Å²) in [6.45, 7) is 9.89. The molecule has 1 aliphatic heterocycles. The molecule has 1 fully saturated rings. The van der Waals surface area contributed by atoms with Crippen LogP contribution >= 0.6 is 0 Å². The van der Waals surface area contributed by atoms with E-state index in [4.69, 9.17) is 5.73 Å². The van der Waals surface area contributed by atoms with Gasteiger partial charge in [0.15, 0.2) is 0 Å². The van der Waals surface area contributed by atoms with Crippen molar-refractivity contribution in [3.8, 4) is 0 Å². The van der Waals surface area contributed by atoms with Gasteiger partial charge in [0.05, 0.1) is 12.4 Å². The Morgan fingerprint density at radius 1 is 1.26 bits per heavy atom. The van der Waals surface area contributed by atoms with Crippen molar-refractivity contribution in [2.24, 2.45) is 22.7 Å². The molecule has 7 nitrogen and oxygen atoms in total. The molecule has 34 heavy (non-hydrogen) atoms. The van der Waals surface area contributed by atoms with E-state index in [2.05, 4.69) is 59.5 Å². The predicted molar refractivity (Wildman–Crippen MR) is 141 cm³/mol. The Labute approximate surface area is 203 Å². The van der Waals surface area contributed by atoms with E-state index < -0.39 is 0 Å². The van der Waals surface area contributed by atoms with Gasteiger partial charge in [-0.1, -0.05) is 19.6 Å². The van der Waals surface area contributed by atoms with Crippen LogP contribution in [-0.4, -0.2) is 42.4 Å². The zero-order valence-corrected chi connectivity index (χ0v) is 20.9. The third-order valence-corrected chi connectivity index (χ3v) is 7.45. The molecule has 0 saturated heterocycles. The predicted octanol–water partition coefficient (Wildman–Crippen LogP) is 4.26. The highest BCUT2D eigenvalue weighted by Crippen LogP contribution is 2.32. The number of hydrazone groups is 1. The van der Waals surface area contributed by atoms with Gasteiger partial charge in [-0.3, -0.25) is 9.69 Å². The molecule has 1 amide bonds. The van der Waals surface area contributed by atoms with Crippen molar-refractivity contribution in [2.75, 3.05) is 25.2 Å². The van der Waals surface area contributed by atoms with Crippen LogP contribution in [0.25, 0.3) is 10.9 Å². The lowest BCUT2D eigenvalue weighted by molar-refractivity contribution is -0.123. The molecule has 4 rings (SSSR count). The van der Waals surface area contributed by atoms with Gasteiger partial charge in [-0.2, -0.15) is 5.10 Å². The number of rotatable bonds is 5. The molecule has 184 valence electrons. The van der Waals surface area contributed by atoms with Gasteiger partial charge in [-0.05, 0) is 88.6 Å². The number of nitrogens with zero attached hydrogens (tertiary/aromatic N) is 2. The summed E-state index contributed by atoms with van der Waals surface area (Å²) in [5, 5.41) is 8.90. The largest absolute Gasteiger partial charge is 0.353 e. The average Bonchev–Trinajstić information content (AvgIpc) is 3.25. The lowest BCUT2D eigenvalue weighted by Gasteiger charge is -2.31. The van der Waals surface area contributed by atoms with Gasteiger partial charge in [0.1, 0.15) is 5.71 Å². The summed E-state index contributed by atoms with van der Waals surface area (Å²) in [6.07, 6.45) is 6.76. The van der Waals surface area contributed by atoms with Crippen LogP contribution < -0.4 is 21.4 Å². The lowest BCUT2D eigenvalue weighted by Crippen LogP contribution is -2.42. The smallest absolute Gasteiger partial charge is 0.231 e. The minimum absolute atomic E-state index is 0.107. The number of hydrogen-bond acceptors (Lipinski definition) is 5. The Bertz CT molecular complexity index is 1060. The highest BCUT2D eigenvalue weighted by atomic mass is 16.2. The number of anilines is 1. The Morgan fingerprint density at radius 2 is 2.03 bits per heavy atom. The number of carbonyl (C=O) groups excluding carboxylic acids is 1. The Hall–Kier alpha value is -2.64. The first-order valence-electron chi connectivity index (χ1n) is 12.6. The molecule has 1 aromatic heterocycles. The molecule has 1 atom stereocenters. The van der Waals surface area contributed by atoms with E-state index in [-0.39, 0.29) is 17.4 Å². The maximum atomic E-state index is 13.4. The number of H-pyrrole nitrogens is 1. The Kier molecular flexibility index (Phi) is 7.43. The molecular formula is C27H40N6O. The Balaban J connectivity index is 1.59. The molecule has 1 unspecified atom stereocenters. The van der Waals surface area contributed by atoms with Gasteiger partial charge in [-0.15, -0.1) is 0 Å². The Morgan fingerprint density at radius 3 is 2.76 bits per heavy atom. The summed E-state index contributed by atoms with van der Waals surface area (Å²) in [4.78, 5) is 18.8. The molecule has 1 aliphatic carbocycles. The number of fused-ring (bicyclic) bond motifs is 1. The summed E-state index contributed by atoms with van der Waals surface area (Å²) in [5.41, 5.74) is 14.0. The van der Waals surface area contributed by atoms with E-state index in [0.717, 1.165) is 91.0 Å². The molecular weight excluding hydrogens is 424 g/mol. The third-order valence-electron chi connectivity index (χ3n) is 7.45. The van der Waals surface area contributed by atoms with Crippen LogP contribution in [0.1, 0.15) is 64.5 Å². The lowest BCUT2D eigenvalue weighted by atomic mass is 9.82. The molecule has 1 saturated carbocycles. The summed E-state index contributed by atoms with van der Waals surface area (Å²) < 4.78 is 0. The maximum absolute atomic E-state index is 13.4. The zero-order chi connectivity index (χ0) is 24.3. The third kappa shape index (κ3) is 5.53. The standard InChI is InChI=1S/C27H40N6O/c1-18-5-7-20(8-6-18)26(34)33(17-29-4)22-10-9-21-15-24(31-23(21)16-22)25-19(2)11-12-27(3,28)13-14-30-32-25/h9-10,15-16,18,20,29-31H,2,5-8,11-14,17,28H2,1,3-4H3. The van der Waals surface area contributed by atoms with E-state index in [9.17, 15) is 4.79 Å². The molecule has 2 aliphatic rings. The van der Waals surface area contributed by atoms with Gasteiger partial charge in [0.2, 0.25) is 5.91 Å². The van der Waals surface area contributed by atoms with E-state index >= 15 is 0 Å². The fraction of sp³-hybridized carbons (Fsp3) is 0.556. The van der Waals surface area contributed by atoms with E-state index in [1.54, 1.807) is 0 Å². The molecule has 7 heteroatoms. The second kappa shape index (κ2) is 10.3.